The van der Waals surface area contributed by atoms with Gasteiger partial charge in [-0.25, -0.2) is 0 Å². The van der Waals surface area contributed by atoms with Gasteiger partial charge in [-0.2, -0.15) is 0 Å². The Kier molecular flexibility index (Phi) is 3.79. The van der Waals surface area contributed by atoms with Crippen LogP contribution in [0, 0.1) is 0 Å². The molecule has 0 spiro atoms. The smallest absolute Gasteiger partial charge is 0.313 e. The van der Waals surface area contributed by atoms with Crippen molar-refractivity contribution in [3.63, 3.8) is 0 Å². The second-order valence-corrected chi connectivity index (χ2v) is 4.36. The highest BCUT2D eigenvalue weighted by Crippen LogP contribution is 2.19. The van der Waals surface area contributed by atoms with E-state index in [1.54, 1.807) is 29.2 Å². The number of carbonyl (C=O) groups is 3. The molecule has 3 N–H and O–H groups in total. The topological polar surface area (TPSA) is 92.5 Å². The number of nitrogens with zero attached hydrogens (tertiary/aromatic N) is 1. The third-order valence-corrected chi connectivity index (χ3v) is 3.02. The van der Waals surface area contributed by atoms with E-state index in [-0.39, 0.29) is 5.91 Å². The minimum Gasteiger partial charge on any atom is -0.361 e. The number of amides is 3. The largest absolute Gasteiger partial charge is 0.361 e. The average Bonchev–Trinajstić information content (AvgIpc) is 2.92. The van der Waals surface area contributed by atoms with E-state index in [2.05, 4.69) is 5.32 Å². The molecule has 0 unspecified atom stereocenters. The Labute approximate surface area is 110 Å². The van der Waals surface area contributed by atoms with Gasteiger partial charge in [0.1, 0.15) is 0 Å². The molecule has 3 amide bonds. The molecule has 0 atom stereocenters. The maximum Gasteiger partial charge on any atom is 0.313 e. The Morgan fingerprint density at radius 1 is 1.11 bits per heavy atom. The van der Waals surface area contributed by atoms with Crippen LogP contribution in [-0.2, 0) is 9.59 Å². The SMILES string of the molecule is NC(=O)C(=O)Nc1ccccc1C(=O)N1CCCC1. The number of nitrogens with two attached hydrogens (primary N) is 1. The van der Waals surface area contributed by atoms with Crippen LogP contribution in [0.4, 0.5) is 5.69 Å². The highest BCUT2D eigenvalue weighted by molar-refractivity contribution is 6.39. The number of primary amides is 1. The van der Waals surface area contributed by atoms with Crippen molar-refractivity contribution >= 4 is 23.4 Å². The number of anilines is 1. The molecular formula is C13H15N3O3. The van der Waals surface area contributed by atoms with Crippen LogP contribution in [0.5, 0.6) is 0 Å². The number of likely N-dealkylation sites (tertiary alicyclic amines) is 1. The molecule has 19 heavy (non-hydrogen) atoms. The van der Waals surface area contributed by atoms with Crippen molar-refractivity contribution in [3.05, 3.63) is 29.8 Å². The van der Waals surface area contributed by atoms with Gasteiger partial charge < -0.3 is 16.0 Å². The Balaban J connectivity index is 2.22. The summed E-state index contributed by atoms with van der Waals surface area (Å²) in [5.74, 6) is -2.15. The highest BCUT2D eigenvalue weighted by atomic mass is 16.2. The lowest BCUT2D eigenvalue weighted by molar-refractivity contribution is -0.134. The summed E-state index contributed by atoms with van der Waals surface area (Å²) in [6.07, 6.45) is 1.98. The first-order valence-corrected chi connectivity index (χ1v) is 6.08. The van der Waals surface area contributed by atoms with Crippen LogP contribution < -0.4 is 11.1 Å². The Hall–Kier alpha value is -2.37. The predicted molar refractivity (Wildman–Crippen MR) is 69.4 cm³/mol. The first kappa shape index (κ1) is 13.1. The van der Waals surface area contributed by atoms with Crippen molar-refractivity contribution in [1.82, 2.24) is 4.90 Å². The fourth-order valence-corrected chi connectivity index (χ4v) is 2.05. The molecule has 1 aliphatic rings. The van der Waals surface area contributed by atoms with Gasteiger partial charge in [-0.3, -0.25) is 14.4 Å². The summed E-state index contributed by atoms with van der Waals surface area (Å²) in [6, 6.07) is 6.59. The standard InChI is InChI=1S/C13H15N3O3/c14-11(17)12(18)15-10-6-2-1-5-9(10)13(19)16-7-3-4-8-16/h1-2,5-6H,3-4,7-8H2,(H2,14,17)(H,15,18). The van der Waals surface area contributed by atoms with Crippen LogP contribution in [-0.4, -0.2) is 35.7 Å². The highest BCUT2D eigenvalue weighted by Gasteiger charge is 2.22. The number of rotatable bonds is 2. The zero-order valence-corrected chi connectivity index (χ0v) is 10.4. The Bertz CT molecular complexity index is 522. The van der Waals surface area contributed by atoms with Crippen molar-refractivity contribution in [2.45, 2.75) is 12.8 Å². The van der Waals surface area contributed by atoms with Crippen LogP contribution >= 0.6 is 0 Å². The monoisotopic (exact) mass is 261 g/mol. The average molecular weight is 261 g/mol. The van der Waals surface area contributed by atoms with Gasteiger partial charge in [0, 0.05) is 13.1 Å². The van der Waals surface area contributed by atoms with Gasteiger partial charge in [0.2, 0.25) is 0 Å². The second kappa shape index (κ2) is 5.51. The number of hydrogen-bond donors (Lipinski definition) is 2. The lowest BCUT2D eigenvalue weighted by Crippen LogP contribution is -2.32. The van der Waals surface area contributed by atoms with Gasteiger partial charge in [-0.1, -0.05) is 12.1 Å². The molecule has 6 heteroatoms. The maximum absolute atomic E-state index is 12.3. The van der Waals surface area contributed by atoms with Crippen molar-refractivity contribution in [2.24, 2.45) is 5.73 Å². The molecule has 0 aromatic heterocycles. The van der Waals surface area contributed by atoms with Gasteiger partial charge in [0.25, 0.3) is 5.91 Å². The second-order valence-electron chi connectivity index (χ2n) is 4.36. The lowest BCUT2D eigenvalue weighted by atomic mass is 10.1. The summed E-state index contributed by atoms with van der Waals surface area (Å²) < 4.78 is 0. The maximum atomic E-state index is 12.3. The molecule has 0 bridgehead atoms. The van der Waals surface area contributed by atoms with E-state index in [1.807, 2.05) is 0 Å². The van der Waals surface area contributed by atoms with Crippen LogP contribution in [0.1, 0.15) is 23.2 Å². The van der Waals surface area contributed by atoms with Gasteiger partial charge >= 0.3 is 11.8 Å². The molecule has 1 heterocycles. The number of carbonyl (C=O) groups excluding carboxylic acids is 3. The molecule has 1 saturated heterocycles. The summed E-state index contributed by atoms with van der Waals surface area (Å²) in [5, 5.41) is 2.35. The van der Waals surface area contributed by atoms with E-state index >= 15 is 0 Å². The minimum absolute atomic E-state index is 0.141. The first-order chi connectivity index (χ1) is 9.09. The number of hydrogen-bond acceptors (Lipinski definition) is 3. The van der Waals surface area contributed by atoms with E-state index < -0.39 is 11.8 Å². The van der Waals surface area contributed by atoms with Crippen molar-refractivity contribution in [3.8, 4) is 0 Å². The number of para-hydroxylation sites is 1. The van der Waals surface area contributed by atoms with E-state index in [9.17, 15) is 14.4 Å². The Morgan fingerprint density at radius 3 is 2.37 bits per heavy atom. The van der Waals surface area contributed by atoms with Gasteiger partial charge in [-0.15, -0.1) is 0 Å². The fourth-order valence-electron chi connectivity index (χ4n) is 2.05. The van der Waals surface area contributed by atoms with E-state index in [1.165, 1.54) is 0 Å². The quantitative estimate of drug-likeness (QED) is 0.752. The molecule has 1 aromatic carbocycles. The molecule has 1 aromatic rings. The molecule has 100 valence electrons. The summed E-state index contributed by atoms with van der Waals surface area (Å²) in [5.41, 5.74) is 5.57. The summed E-state index contributed by atoms with van der Waals surface area (Å²) in [6.45, 7) is 1.44. The molecule has 2 rings (SSSR count). The molecule has 0 radical (unpaired) electrons. The van der Waals surface area contributed by atoms with Gasteiger partial charge in [0.05, 0.1) is 11.3 Å². The van der Waals surface area contributed by atoms with Crippen LogP contribution in [0.15, 0.2) is 24.3 Å². The molecule has 0 aliphatic carbocycles. The van der Waals surface area contributed by atoms with Crippen LogP contribution in [0.25, 0.3) is 0 Å². The molecule has 0 saturated carbocycles. The number of nitrogens with one attached hydrogen (secondary N) is 1. The van der Waals surface area contributed by atoms with E-state index in [0.717, 1.165) is 25.9 Å². The molecular weight excluding hydrogens is 246 g/mol. The molecule has 1 fully saturated rings. The molecule has 1 aliphatic heterocycles. The lowest BCUT2D eigenvalue weighted by Gasteiger charge is -2.17. The summed E-state index contributed by atoms with van der Waals surface area (Å²) >= 11 is 0. The summed E-state index contributed by atoms with van der Waals surface area (Å²) in [4.78, 5) is 36.1. The zero-order chi connectivity index (χ0) is 13.8. The number of benzene rings is 1. The van der Waals surface area contributed by atoms with Crippen LogP contribution in [0.3, 0.4) is 0 Å². The normalized spacial score (nSPS) is 14.2. The Morgan fingerprint density at radius 2 is 1.74 bits per heavy atom. The predicted octanol–water partition coefficient (Wildman–Crippen LogP) is 0.346. The van der Waals surface area contributed by atoms with Gasteiger partial charge in [-0.05, 0) is 25.0 Å². The molecule has 6 nitrogen and oxygen atoms in total. The first-order valence-electron chi connectivity index (χ1n) is 6.08. The van der Waals surface area contributed by atoms with Crippen molar-refractivity contribution < 1.29 is 14.4 Å². The minimum atomic E-state index is -1.08. The zero-order valence-electron chi connectivity index (χ0n) is 10.4. The van der Waals surface area contributed by atoms with Crippen molar-refractivity contribution in [1.29, 1.82) is 0 Å². The van der Waals surface area contributed by atoms with Crippen LogP contribution in [0.2, 0.25) is 0 Å². The van der Waals surface area contributed by atoms with Crippen molar-refractivity contribution in [2.75, 3.05) is 18.4 Å². The van der Waals surface area contributed by atoms with E-state index in [0.29, 0.717) is 11.3 Å². The third-order valence-electron chi connectivity index (χ3n) is 3.02. The summed E-state index contributed by atoms with van der Waals surface area (Å²) in [7, 11) is 0. The third kappa shape index (κ3) is 2.90. The van der Waals surface area contributed by atoms with E-state index in [4.69, 9.17) is 5.73 Å². The fraction of sp³-hybridized carbons (Fsp3) is 0.308. The van der Waals surface area contributed by atoms with Gasteiger partial charge in [0.15, 0.2) is 0 Å².